The summed E-state index contributed by atoms with van der Waals surface area (Å²) in [6.07, 6.45) is 0. The summed E-state index contributed by atoms with van der Waals surface area (Å²) < 4.78 is 6.55. The molecule has 5 rings (SSSR count). The van der Waals surface area contributed by atoms with Crippen LogP contribution in [0.5, 0.6) is 5.75 Å². The second kappa shape index (κ2) is 8.10. The van der Waals surface area contributed by atoms with Crippen molar-refractivity contribution >= 4 is 55.9 Å². The van der Waals surface area contributed by atoms with Gasteiger partial charge >= 0.3 is 0 Å². The molecule has 164 valence electrons. The first kappa shape index (κ1) is 21.3. The summed E-state index contributed by atoms with van der Waals surface area (Å²) in [7, 11) is 0. The van der Waals surface area contributed by atoms with Gasteiger partial charge in [-0.2, -0.15) is 0 Å². The van der Waals surface area contributed by atoms with E-state index in [4.69, 9.17) is 16.0 Å². The minimum atomic E-state index is -0.988. The fourth-order valence-electron chi connectivity index (χ4n) is 3.97. The van der Waals surface area contributed by atoms with Crippen LogP contribution in [-0.2, 0) is 4.79 Å². The Kier molecular flexibility index (Phi) is 5.23. The Bertz CT molecular complexity index is 1460. The van der Waals surface area contributed by atoms with E-state index in [9.17, 15) is 19.8 Å². The molecule has 8 heteroatoms. The van der Waals surface area contributed by atoms with Gasteiger partial charge in [0.25, 0.3) is 5.91 Å². The average molecular weight is 525 g/mol. The first-order valence-corrected chi connectivity index (χ1v) is 11.1. The van der Waals surface area contributed by atoms with Gasteiger partial charge in [0.1, 0.15) is 11.3 Å². The number of hydrogen-bond acceptors (Lipinski definition) is 5. The molecular formula is C25H15BrClNO5. The summed E-state index contributed by atoms with van der Waals surface area (Å²) in [5.41, 5.74) is 1.23. The number of halogens is 2. The van der Waals surface area contributed by atoms with Crippen LogP contribution in [0, 0.1) is 0 Å². The second-order valence-electron chi connectivity index (χ2n) is 7.53. The van der Waals surface area contributed by atoms with E-state index >= 15 is 0 Å². The monoisotopic (exact) mass is 523 g/mol. The Balaban J connectivity index is 1.66. The van der Waals surface area contributed by atoms with Crippen LogP contribution in [0.4, 0.5) is 5.69 Å². The molecule has 2 heterocycles. The normalized spacial score (nSPS) is 16.1. The SMILES string of the molecule is O=C(C1=C(O)C(=O)N(c2ccc(Cl)cc2)C1c1cccc(O)c1)c1cc2cc(Br)ccc2o1. The smallest absolute Gasteiger partial charge is 0.294 e. The van der Waals surface area contributed by atoms with E-state index in [1.165, 1.54) is 17.0 Å². The zero-order valence-electron chi connectivity index (χ0n) is 16.8. The number of anilines is 1. The number of aliphatic hydroxyl groups is 1. The van der Waals surface area contributed by atoms with Crippen molar-refractivity contribution in [3.63, 3.8) is 0 Å². The summed E-state index contributed by atoms with van der Waals surface area (Å²) >= 11 is 9.39. The lowest BCUT2D eigenvalue weighted by atomic mass is 9.94. The molecule has 1 atom stereocenters. The van der Waals surface area contributed by atoms with Gasteiger partial charge in [0, 0.05) is 20.6 Å². The fraction of sp³-hybridized carbons (Fsp3) is 0.0400. The third-order valence-electron chi connectivity index (χ3n) is 5.45. The number of nitrogens with zero attached hydrogens (tertiary/aromatic N) is 1. The molecule has 0 saturated heterocycles. The van der Waals surface area contributed by atoms with E-state index < -0.39 is 23.5 Å². The molecule has 2 N–H and O–H groups in total. The topological polar surface area (TPSA) is 91.0 Å². The Labute approximate surface area is 201 Å². The molecule has 0 spiro atoms. The summed E-state index contributed by atoms with van der Waals surface area (Å²) in [6, 6.07) is 18.5. The van der Waals surface area contributed by atoms with Crippen LogP contribution >= 0.6 is 27.5 Å². The van der Waals surface area contributed by atoms with Gasteiger partial charge in [-0.1, -0.05) is 39.7 Å². The molecular weight excluding hydrogens is 510 g/mol. The van der Waals surface area contributed by atoms with Crippen LogP contribution in [0.3, 0.4) is 0 Å². The number of aromatic hydroxyl groups is 1. The summed E-state index contributed by atoms with van der Waals surface area (Å²) in [6.45, 7) is 0. The van der Waals surface area contributed by atoms with Crippen molar-refractivity contribution in [2.75, 3.05) is 4.90 Å². The highest BCUT2D eigenvalue weighted by molar-refractivity contribution is 9.10. The number of carbonyl (C=O) groups is 2. The van der Waals surface area contributed by atoms with Gasteiger partial charge in [-0.25, -0.2) is 0 Å². The number of amides is 1. The fourth-order valence-corrected chi connectivity index (χ4v) is 4.48. The number of ketones is 1. The maximum Gasteiger partial charge on any atom is 0.294 e. The number of rotatable bonds is 4. The van der Waals surface area contributed by atoms with E-state index in [0.717, 1.165) is 4.47 Å². The van der Waals surface area contributed by atoms with Crippen LogP contribution in [0.2, 0.25) is 5.02 Å². The van der Waals surface area contributed by atoms with Gasteiger partial charge in [0.05, 0.1) is 11.6 Å². The lowest BCUT2D eigenvalue weighted by molar-refractivity contribution is -0.117. The molecule has 0 radical (unpaired) electrons. The van der Waals surface area contributed by atoms with Crippen molar-refractivity contribution in [3.8, 4) is 5.75 Å². The van der Waals surface area contributed by atoms with Crippen molar-refractivity contribution in [1.29, 1.82) is 0 Å². The lowest BCUT2D eigenvalue weighted by Gasteiger charge is -2.27. The largest absolute Gasteiger partial charge is 0.508 e. The number of aliphatic hydroxyl groups excluding tert-OH is 1. The highest BCUT2D eigenvalue weighted by Gasteiger charge is 2.45. The van der Waals surface area contributed by atoms with Crippen LogP contribution in [0.15, 0.2) is 93.0 Å². The standard InChI is InChI=1S/C25H15BrClNO5/c26-15-4-9-19-14(10-15)12-20(33-19)23(30)21-22(13-2-1-3-18(29)11-13)28(25(32)24(21)31)17-7-5-16(27)6-8-17/h1-12,22,29,31H. The highest BCUT2D eigenvalue weighted by Crippen LogP contribution is 2.43. The number of phenols is 1. The van der Waals surface area contributed by atoms with Crippen molar-refractivity contribution in [2.45, 2.75) is 6.04 Å². The molecule has 4 aromatic rings. The third kappa shape index (κ3) is 3.69. The summed E-state index contributed by atoms with van der Waals surface area (Å²) in [5, 5.41) is 22.0. The number of Topliss-reactive ketones (excluding diaryl/α,β-unsaturated/α-hetero) is 1. The quantitative estimate of drug-likeness (QED) is 0.304. The minimum Gasteiger partial charge on any atom is -0.508 e. The number of carbonyl (C=O) groups excluding carboxylic acids is 2. The predicted octanol–water partition coefficient (Wildman–Crippen LogP) is 6.34. The molecule has 3 aromatic carbocycles. The molecule has 0 bridgehead atoms. The lowest BCUT2D eigenvalue weighted by Crippen LogP contribution is -2.31. The first-order valence-electron chi connectivity index (χ1n) is 9.88. The van der Waals surface area contributed by atoms with Gasteiger partial charge in [-0.15, -0.1) is 0 Å². The molecule has 1 aliphatic heterocycles. The van der Waals surface area contributed by atoms with Crippen LogP contribution < -0.4 is 4.90 Å². The highest BCUT2D eigenvalue weighted by atomic mass is 79.9. The van der Waals surface area contributed by atoms with Crippen molar-refractivity contribution in [2.24, 2.45) is 0 Å². The van der Waals surface area contributed by atoms with Gasteiger partial charge in [-0.3, -0.25) is 14.5 Å². The van der Waals surface area contributed by atoms with Gasteiger partial charge < -0.3 is 14.6 Å². The van der Waals surface area contributed by atoms with Crippen molar-refractivity contribution in [3.05, 3.63) is 105 Å². The van der Waals surface area contributed by atoms with E-state index in [-0.39, 0.29) is 17.1 Å². The number of benzene rings is 3. The van der Waals surface area contributed by atoms with Crippen molar-refractivity contribution in [1.82, 2.24) is 0 Å². The average Bonchev–Trinajstić information content (AvgIpc) is 3.33. The number of fused-ring (bicyclic) bond motifs is 1. The molecule has 0 fully saturated rings. The third-order valence-corrected chi connectivity index (χ3v) is 6.19. The van der Waals surface area contributed by atoms with Crippen molar-refractivity contribution < 1.29 is 24.2 Å². The molecule has 0 aliphatic carbocycles. The number of phenolic OH excluding ortho intramolecular Hbond substituents is 1. The molecule has 1 unspecified atom stereocenters. The van der Waals surface area contributed by atoms with E-state index in [1.54, 1.807) is 60.7 Å². The Morgan fingerprint density at radius 1 is 1.00 bits per heavy atom. The Morgan fingerprint density at radius 2 is 1.76 bits per heavy atom. The molecule has 1 aromatic heterocycles. The van der Waals surface area contributed by atoms with Crippen LogP contribution in [0.1, 0.15) is 22.2 Å². The van der Waals surface area contributed by atoms with Crippen LogP contribution in [-0.4, -0.2) is 21.9 Å². The first-order chi connectivity index (χ1) is 15.8. The van der Waals surface area contributed by atoms with E-state index in [1.807, 2.05) is 0 Å². The Morgan fingerprint density at radius 3 is 2.48 bits per heavy atom. The maximum absolute atomic E-state index is 13.6. The molecule has 0 saturated carbocycles. The molecule has 6 nitrogen and oxygen atoms in total. The van der Waals surface area contributed by atoms with Gasteiger partial charge in [0.15, 0.2) is 11.5 Å². The second-order valence-corrected chi connectivity index (χ2v) is 8.89. The summed E-state index contributed by atoms with van der Waals surface area (Å²) in [4.78, 5) is 28.0. The Hall–Kier alpha value is -3.55. The summed E-state index contributed by atoms with van der Waals surface area (Å²) in [5.74, 6) is -2.10. The van der Waals surface area contributed by atoms with E-state index in [0.29, 0.717) is 27.2 Å². The molecule has 1 aliphatic rings. The maximum atomic E-state index is 13.6. The molecule has 33 heavy (non-hydrogen) atoms. The van der Waals surface area contributed by atoms with Crippen LogP contribution in [0.25, 0.3) is 11.0 Å². The predicted molar refractivity (Wildman–Crippen MR) is 128 cm³/mol. The van der Waals surface area contributed by atoms with Gasteiger partial charge in [-0.05, 0) is 66.2 Å². The molecule has 1 amide bonds. The van der Waals surface area contributed by atoms with E-state index in [2.05, 4.69) is 15.9 Å². The zero-order chi connectivity index (χ0) is 23.3. The number of furan rings is 1. The minimum absolute atomic E-state index is 0.0134. The number of hydrogen-bond donors (Lipinski definition) is 2. The van der Waals surface area contributed by atoms with Gasteiger partial charge in [0.2, 0.25) is 5.78 Å². The zero-order valence-corrected chi connectivity index (χ0v) is 19.2.